The first-order chi connectivity index (χ1) is 13.4. The highest BCUT2D eigenvalue weighted by Crippen LogP contribution is 2.33. The molecule has 0 aliphatic carbocycles. The van der Waals surface area contributed by atoms with Crippen molar-refractivity contribution in [3.05, 3.63) is 80.6 Å². The van der Waals surface area contributed by atoms with Gasteiger partial charge in [-0.15, -0.1) is 0 Å². The smallest absolute Gasteiger partial charge is 0.298 e. The fraction of sp³-hybridized carbons (Fsp3) is 0.0476. The molecule has 0 bridgehead atoms. The molecule has 0 aliphatic heterocycles. The molecular formula is C21H14Br2N2O3. The molecule has 0 saturated carbocycles. The van der Waals surface area contributed by atoms with Crippen LogP contribution in [0, 0.1) is 6.92 Å². The molecule has 0 fully saturated rings. The maximum atomic E-state index is 13.2. The Morgan fingerprint density at radius 1 is 1.04 bits per heavy atom. The molecule has 2 aromatic carbocycles. The minimum atomic E-state index is -0.570. The number of halogens is 2. The molecule has 2 heterocycles. The number of carbonyl (C=O) groups is 2. The molecule has 5 nitrogen and oxygen atoms in total. The zero-order valence-corrected chi connectivity index (χ0v) is 17.9. The van der Waals surface area contributed by atoms with E-state index in [4.69, 9.17) is 10.2 Å². The van der Waals surface area contributed by atoms with Crippen LogP contribution in [0.2, 0.25) is 0 Å². The second kappa shape index (κ2) is 7.07. The van der Waals surface area contributed by atoms with Gasteiger partial charge in [0.25, 0.3) is 11.8 Å². The van der Waals surface area contributed by atoms with Gasteiger partial charge in [0.2, 0.25) is 0 Å². The van der Waals surface area contributed by atoms with Gasteiger partial charge in [-0.3, -0.25) is 14.2 Å². The first kappa shape index (κ1) is 18.7. The van der Waals surface area contributed by atoms with Gasteiger partial charge in [0.05, 0.1) is 11.1 Å². The third-order valence-electron chi connectivity index (χ3n) is 4.57. The van der Waals surface area contributed by atoms with Crippen molar-refractivity contribution >= 4 is 54.6 Å². The number of para-hydroxylation sites is 1. The quantitative estimate of drug-likeness (QED) is 0.401. The molecule has 0 radical (unpaired) electrons. The Morgan fingerprint density at radius 3 is 2.50 bits per heavy atom. The number of hydrogen-bond acceptors (Lipinski definition) is 3. The number of primary amides is 1. The Morgan fingerprint density at radius 2 is 1.79 bits per heavy atom. The highest BCUT2D eigenvalue weighted by molar-refractivity contribution is 9.11. The number of amides is 1. The zero-order chi connectivity index (χ0) is 20.0. The fourth-order valence-corrected chi connectivity index (χ4v) is 4.58. The van der Waals surface area contributed by atoms with E-state index < -0.39 is 5.91 Å². The molecule has 0 aliphatic rings. The zero-order valence-electron chi connectivity index (χ0n) is 14.7. The second-order valence-electron chi connectivity index (χ2n) is 6.27. The summed E-state index contributed by atoms with van der Waals surface area (Å²) < 4.78 is 9.09. The maximum absolute atomic E-state index is 13.2. The predicted octanol–water partition coefficient (Wildman–Crippen LogP) is 5.52. The lowest BCUT2D eigenvalue weighted by atomic mass is 10.1. The molecular weight excluding hydrogens is 488 g/mol. The molecule has 28 heavy (non-hydrogen) atoms. The van der Waals surface area contributed by atoms with Crippen molar-refractivity contribution in [2.75, 3.05) is 0 Å². The van der Waals surface area contributed by atoms with E-state index >= 15 is 0 Å². The van der Waals surface area contributed by atoms with E-state index in [1.165, 1.54) is 4.57 Å². The Hall–Kier alpha value is -2.64. The van der Waals surface area contributed by atoms with E-state index in [1.807, 2.05) is 24.3 Å². The van der Waals surface area contributed by atoms with Crippen molar-refractivity contribution in [3.63, 3.8) is 0 Å². The largest absolute Gasteiger partial charge is 0.451 e. The number of rotatable bonds is 3. The Bertz CT molecular complexity index is 1250. The van der Waals surface area contributed by atoms with Crippen molar-refractivity contribution < 1.29 is 14.0 Å². The number of fused-ring (bicyclic) bond motifs is 1. The van der Waals surface area contributed by atoms with Crippen LogP contribution in [-0.2, 0) is 0 Å². The van der Waals surface area contributed by atoms with Crippen molar-refractivity contribution in [2.45, 2.75) is 6.92 Å². The van der Waals surface area contributed by atoms with Crippen LogP contribution < -0.4 is 5.73 Å². The van der Waals surface area contributed by atoms with Gasteiger partial charge in [-0.05, 0) is 59.3 Å². The molecule has 0 unspecified atom stereocenters. The minimum Gasteiger partial charge on any atom is -0.451 e. The standard InChI is InChI=1S/C21H14Br2N2O3/c1-11-19(20(24)26)14-4-2-3-5-16(14)25(11)21(27)18-9-8-17(28-18)13-7-6-12(22)10-15(13)23/h2-10H,1H3,(H2,24,26). The summed E-state index contributed by atoms with van der Waals surface area (Å²) in [7, 11) is 0. The first-order valence-electron chi connectivity index (χ1n) is 8.38. The summed E-state index contributed by atoms with van der Waals surface area (Å²) in [5, 5.41) is 0.642. The normalized spacial score (nSPS) is 11.1. The summed E-state index contributed by atoms with van der Waals surface area (Å²) in [5.41, 5.74) is 7.81. The van der Waals surface area contributed by atoms with Gasteiger partial charge in [-0.2, -0.15) is 0 Å². The Balaban J connectivity index is 1.83. The summed E-state index contributed by atoms with van der Waals surface area (Å²) in [6.45, 7) is 1.70. The van der Waals surface area contributed by atoms with E-state index in [2.05, 4.69) is 31.9 Å². The molecule has 0 atom stereocenters. The number of benzene rings is 2. The predicted molar refractivity (Wildman–Crippen MR) is 114 cm³/mol. The molecule has 140 valence electrons. The number of furan rings is 1. The first-order valence-corrected chi connectivity index (χ1v) is 9.97. The maximum Gasteiger partial charge on any atom is 0.298 e. The molecule has 7 heteroatoms. The molecule has 2 N–H and O–H groups in total. The Labute approximate surface area is 177 Å². The van der Waals surface area contributed by atoms with Gasteiger partial charge in [0.1, 0.15) is 5.76 Å². The SMILES string of the molecule is Cc1c(C(N)=O)c2ccccc2n1C(=O)c1ccc(-c2ccc(Br)cc2Br)o1. The highest BCUT2D eigenvalue weighted by atomic mass is 79.9. The number of nitrogens with two attached hydrogens (primary N) is 1. The fourth-order valence-electron chi connectivity index (χ4n) is 3.34. The van der Waals surface area contributed by atoms with Gasteiger partial charge in [0, 0.05) is 25.6 Å². The summed E-state index contributed by atoms with van der Waals surface area (Å²) in [6.07, 6.45) is 0. The van der Waals surface area contributed by atoms with Crippen LogP contribution in [0.5, 0.6) is 0 Å². The lowest BCUT2D eigenvalue weighted by Crippen LogP contribution is -2.16. The third kappa shape index (κ3) is 3.00. The van der Waals surface area contributed by atoms with Crippen LogP contribution in [0.25, 0.3) is 22.2 Å². The van der Waals surface area contributed by atoms with Gasteiger partial charge in [-0.1, -0.05) is 34.1 Å². The lowest BCUT2D eigenvalue weighted by Gasteiger charge is -2.05. The van der Waals surface area contributed by atoms with E-state index in [-0.39, 0.29) is 11.7 Å². The van der Waals surface area contributed by atoms with Crippen LogP contribution in [0.1, 0.15) is 26.6 Å². The number of nitrogens with zero attached hydrogens (tertiary/aromatic N) is 1. The lowest BCUT2D eigenvalue weighted by molar-refractivity contribution is 0.0936. The number of aromatic nitrogens is 1. The van der Waals surface area contributed by atoms with Gasteiger partial charge < -0.3 is 10.2 Å². The molecule has 1 amide bonds. The van der Waals surface area contributed by atoms with Crippen LogP contribution in [0.15, 0.2) is 68.0 Å². The summed E-state index contributed by atoms with van der Waals surface area (Å²) >= 11 is 6.92. The molecule has 4 rings (SSSR count). The van der Waals surface area contributed by atoms with Crippen LogP contribution >= 0.6 is 31.9 Å². The van der Waals surface area contributed by atoms with E-state index in [0.717, 1.165) is 14.5 Å². The highest BCUT2D eigenvalue weighted by Gasteiger charge is 2.24. The minimum absolute atomic E-state index is 0.171. The molecule has 0 saturated heterocycles. The van der Waals surface area contributed by atoms with Crippen molar-refractivity contribution in [2.24, 2.45) is 5.73 Å². The van der Waals surface area contributed by atoms with E-state index in [9.17, 15) is 9.59 Å². The van der Waals surface area contributed by atoms with E-state index in [0.29, 0.717) is 27.9 Å². The third-order valence-corrected chi connectivity index (χ3v) is 5.72. The van der Waals surface area contributed by atoms with Crippen LogP contribution in [0.4, 0.5) is 0 Å². The summed E-state index contributed by atoms with van der Waals surface area (Å²) in [4.78, 5) is 25.1. The van der Waals surface area contributed by atoms with Crippen LogP contribution in [0.3, 0.4) is 0 Å². The number of carbonyl (C=O) groups excluding carboxylic acids is 2. The van der Waals surface area contributed by atoms with Crippen molar-refractivity contribution in [1.82, 2.24) is 4.57 Å². The van der Waals surface area contributed by atoms with Crippen molar-refractivity contribution in [3.8, 4) is 11.3 Å². The van der Waals surface area contributed by atoms with Crippen LogP contribution in [-0.4, -0.2) is 16.4 Å². The molecule has 0 spiro atoms. The molecule has 2 aromatic heterocycles. The van der Waals surface area contributed by atoms with Gasteiger partial charge in [0.15, 0.2) is 5.76 Å². The number of hydrogen-bond donors (Lipinski definition) is 1. The molecule has 4 aromatic rings. The van der Waals surface area contributed by atoms with Gasteiger partial charge in [-0.25, -0.2) is 0 Å². The average Bonchev–Trinajstić information content (AvgIpc) is 3.23. The van der Waals surface area contributed by atoms with Crippen molar-refractivity contribution in [1.29, 1.82) is 0 Å². The summed E-state index contributed by atoms with van der Waals surface area (Å²) in [5.74, 6) is -0.198. The Kier molecular flexibility index (Phi) is 4.72. The summed E-state index contributed by atoms with van der Waals surface area (Å²) in [6, 6.07) is 16.2. The van der Waals surface area contributed by atoms with Gasteiger partial charge >= 0.3 is 0 Å². The topological polar surface area (TPSA) is 78.2 Å². The monoisotopic (exact) mass is 500 g/mol. The second-order valence-corrected chi connectivity index (χ2v) is 8.04. The van der Waals surface area contributed by atoms with E-state index in [1.54, 1.807) is 37.3 Å². The average molecular weight is 502 g/mol.